The molecule has 2 aromatic carbocycles. The van der Waals surface area contributed by atoms with Crippen molar-refractivity contribution in [1.82, 2.24) is 4.90 Å². The van der Waals surface area contributed by atoms with Crippen molar-refractivity contribution in [2.24, 2.45) is 10.2 Å². The van der Waals surface area contributed by atoms with E-state index in [0.717, 1.165) is 30.2 Å². The number of nitrogens with zero attached hydrogens (tertiary/aromatic N) is 4. The van der Waals surface area contributed by atoms with Gasteiger partial charge in [0.05, 0.1) is 29.6 Å². The predicted molar refractivity (Wildman–Crippen MR) is 132 cm³/mol. The van der Waals surface area contributed by atoms with Gasteiger partial charge in [0.2, 0.25) is 0 Å². The summed E-state index contributed by atoms with van der Waals surface area (Å²) in [5.74, 6) is 0.871. The fourth-order valence-corrected chi connectivity index (χ4v) is 3.56. The third-order valence-corrected chi connectivity index (χ3v) is 5.65. The topological polar surface area (TPSA) is 61.0 Å². The number of nitriles is 1. The molecule has 0 unspecified atom stereocenters. The summed E-state index contributed by atoms with van der Waals surface area (Å²) in [6.45, 7) is 8.85. The van der Waals surface area contributed by atoms with Crippen molar-refractivity contribution in [2.45, 2.75) is 65.2 Å². The third kappa shape index (κ3) is 10.5. The first-order chi connectivity index (χ1) is 15.7. The molecule has 0 aliphatic rings. The smallest absolute Gasteiger partial charge is 0.119 e. The highest BCUT2D eigenvalue weighted by atomic mass is 16.5. The van der Waals surface area contributed by atoms with Crippen LogP contribution in [0.5, 0.6) is 5.75 Å². The van der Waals surface area contributed by atoms with E-state index in [4.69, 9.17) is 10.00 Å². The Labute approximate surface area is 194 Å². The molecule has 0 aliphatic heterocycles. The molecule has 0 N–H and O–H groups in total. The minimum Gasteiger partial charge on any atom is -0.494 e. The zero-order chi connectivity index (χ0) is 22.9. The van der Waals surface area contributed by atoms with E-state index in [1.165, 1.54) is 64.6 Å². The van der Waals surface area contributed by atoms with E-state index in [9.17, 15) is 0 Å². The molecule has 0 spiro atoms. The van der Waals surface area contributed by atoms with Crippen molar-refractivity contribution in [1.29, 1.82) is 5.26 Å². The summed E-state index contributed by atoms with van der Waals surface area (Å²) in [7, 11) is 0. The van der Waals surface area contributed by atoms with Crippen LogP contribution in [-0.2, 0) is 0 Å². The van der Waals surface area contributed by atoms with Crippen LogP contribution in [0, 0.1) is 11.3 Å². The summed E-state index contributed by atoms with van der Waals surface area (Å²) < 4.78 is 5.85. The van der Waals surface area contributed by atoms with E-state index in [2.05, 4.69) is 35.0 Å². The predicted octanol–water partition coefficient (Wildman–Crippen LogP) is 7.82. The monoisotopic (exact) mass is 434 g/mol. The van der Waals surface area contributed by atoms with Crippen LogP contribution in [0.4, 0.5) is 11.4 Å². The molecule has 0 bridgehead atoms. The van der Waals surface area contributed by atoms with Gasteiger partial charge in [-0.15, -0.1) is 0 Å². The average Bonchev–Trinajstić information content (AvgIpc) is 2.84. The summed E-state index contributed by atoms with van der Waals surface area (Å²) in [5, 5.41) is 17.3. The molecule has 0 amide bonds. The Morgan fingerprint density at radius 1 is 0.719 bits per heavy atom. The molecule has 5 nitrogen and oxygen atoms in total. The Morgan fingerprint density at radius 2 is 1.22 bits per heavy atom. The van der Waals surface area contributed by atoms with Crippen LogP contribution in [-0.4, -0.2) is 31.1 Å². The van der Waals surface area contributed by atoms with Gasteiger partial charge in [-0.1, -0.05) is 52.4 Å². The van der Waals surface area contributed by atoms with Crippen LogP contribution in [0.1, 0.15) is 70.8 Å². The van der Waals surface area contributed by atoms with E-state index >= 15 is 0 Å². The summed E-state index contributed by atoms with van der Waals surface area (Å²) in [4.78, 5) is 2.51. The first kappa shape index (κ1) is 25.5. The van der Waals surface area contributed by atoms with Gasteiger partial charge in [0, 0.05) is 0 Å². The lowest BCUT2D eigenvalue weighted by Gasteiger charge is -2.17. The minimum atomic E-state index is 0.617. The number of rotatable bonds is 16. The summed E-state index contributed by atoms with van der Waals surface area (Å²) in [6.07, 6.45) is 10.4. The molecule has 0 saturated heterocycles. The van der Waals surface area contributed by atoms with Gasteiger partial charge < -0.3 is 9.64 Å². The number of ether oxygens (including phenoxy) is 1. The number of benzene rings is 2. The molecular weight excluding hydrogens is 396 g/mol. The van der Waals surface area contributed by atoms with E-state index in [1.807, 2.05) is 24.3 Å². The highest BCUT2D eigenvalue weighted by molar-refractivity contribution is 5.44. The molecule has 0 aliphatic carbocycles. The average molecular weight is 435 g/mol. The maximum Gasteiger partial charge on any atom is 0.119 e. The zero-order valence-corrected chi connectivity index (χ0v) is 19.8. The minimum absolute atomic E-state index is 0.617. The Morgan fingerprint density at radius 3 is 1.75 bits per heavy atom. The fraction of sp³-hybridized carbons (Fsp3) is 0.519. The summed E-state index contributed by atoms with van der Waals surface area (Å²) in [6, 6.07) is 16.8. The van der Waals surface area contributed by atoms with Gasteiger partial charge in [0.25, 0.3) is 0 Å². The quantitative estimate of drug-likeness (QED) is 0.200. The van der Waals surface area contributed by atoms with Crippen molar-refractivity contribution >= 4 is 11.4 Å². The van der Waals surface area contributed by atoms with E-state index in [0.29, 0.717) is 5.56 Å². The normalized spacial score (nSPS) is 11.2. The molecule has 32 heavy (non-hydrogen) atoms. The lowest BCUT2D eigenvalue weighted by atomic mass is 10.1. The van der Waals surface area contributed by atoms with Gasteiger partial charge in [-0.2, -0.15) is 15.5 Å². The third-order valence-electron chi connectivity index (χ3n) is 5.65. The lowest BCUT2D eigenvalue weighted by Crippen LogP contribution is -2.23. The molecule has 5 heteroatoms. The van der Waals surface area contributed by atoms with Crippen molar-refractivity contribution in [3.05, 3.63) is 54.1 Å². The first-order valence-electron chi connectivity index (χ1n) is 12.1. The zero-order valence-electron chi connectivity index (χ0n) is 19.8. The van der Waals surface area contributed by atoms with Gasteiger partial charge in [-0.25, -0.2) is 0 Å². The molecule has 2 rings (SSSR count). The fourth-order valence-electron chi connectivity index (χ4n) is 3.56. The van der Waals surface area contributed by atoms with Crippen molar-refractivity contribution in [3.8, 4) is 11.8 Å². The SMILES string of the molecule is CCN(CC)CCCCCCCCCCOc1ccc(N=Nc2ccc(C#N)cc2)cc1. The maximum atomic E-state index is 8.82. The molecule has 0 radical (unpaired) electrons. The summed E-state index contributed by atoms with van der Waals surface area (Å²) in [5.41, 5.74) is 2.12. The first-order valence-corrected chi connectivity index (χ1v) is 12.1. The Bertz CT molecular complexity index is 805. The largest absolute Gasteiger partial charge is 0.494 e. The van der Waals surface area contributed by atoms with Crippen LogP contribution in [0.3, 0.4) is 0 Å². The molecule has 0 saturated carbocycles. The van der Waals surface area contributed by atoms with E-state index in [-0.39, 0.29) is 0 Å². The molecule has 0 heterocycles. The van der Waals surface area contributed by atoms with E-state index in [1.54, 1.807) is 24.3 Å². The number of unbranched alkanes of at least 4 members (excludes halogenated alkanes) is 7. The standard InChI is InChI=1S/C27H38N4O/c1-3-31(4-2)21-11-9-7-5-6-8-10-12-22-32-27-19-17-26(18-20-27)30-29-25-15-13-24(23-28)14-16-25/h13-20H,3-12,21-22H2,1-2H3. The second kappa shape index (κ2) is 16.0. The Hall–Kier alpha value is -2.71. The lowest BCUT2D eigenvalue weighted by molar-refractivity contribution is 0.294. The highest BCUT2D eigenvalue weighted by Crippen LogP contribution is 2.22. The van der Waals surface area contributed by atoms with Crippen molar-refractivity contribution < 1.29 is 4.74 Å². The Kier molecular flexibility index (Phi) is 12.8. The van der Waals surface area contributed by atoms with Crippen LogP contribution < -0.4 is 4.74 Å². The van der Waals surface area contributed by atoms with E-state index < -0.39 is 0 Å². The van der Waals surface area contributed by atoms with Crippen LogP contribution >= 0.6 is 0 Å². The number of hydrogen-bond acceptors (Lipinski definition) is 5. The molecule has 0 atom stereocenters. The van der Waals surface area contributed by atoms with Crippen LogP contribution in [0.25, 0.3) is 0 Å². The van der Waals surface area contributed by atoms with Crippen LogP contribution in [0.15, 0.2) is 58.8 Å². The van der Waals surface area contributed by atoms with Gasteiger partial charge in [-0.3, -0.25) is 0 Å². The van der Waals surface area contributed by atoms with Crippen molar-refractivity contribution in [2.75, 3.05) is 26.2 Å². The number of hydrogen-bond donors (Lipinski definition) is 0. The van der Waals surface area contributed by atoms with Gasteiger partial charge in [0.15, 0.2) is 0 Å². The molecule has 172 valence electrons. The van der Waals surface area contributed by atoms with Crippen LogP contribution in [0.2, 0.25) is 0 Å². The van der Waals surface area contributed by atoms with Gasteiger partial charge in [0.1, 0.15) is 5.75 Å². The Balaban J connectivity index is 1.51. The maximum absolute atomic E-state index is 8.82. The molecule has 0 fully saturated rings. The van der Waals surface area contributed by atoms with Gasteiger partial charge in [-0.05, 0) is 81.0 Å². The van der Waals surface area contributed by atoms with Gasteiger partial charge >= 0.3 is 0 Å². The van der Waals surface area contributed by atoms with Crippen molar-refractivity contribution in [3.63, 3.8) is 0 Å². The number of azo groups is 1. The summed E-state index contributed by atoms with van der Waals surface area (Å²) >= 11 is 0. The second-order valence-electron chi connectivity index (χ2n) is 8.06. The molecular formula is C27H38N4O. The molecule has 0 aromatic heterocycles. The molecule has 2 aromatic rings. The second-order valence-corrected chi connectivity index (χ2v) is 8.06. The highest BCUT2D eigenvalue weighted by Gasteiger charge is 1.99.